The van der Waals surface area contributed by atoms with Gasteiger partial charge in [0.05, 0.1) is 24.2 Å². The molecule has 24 heavy (non-hydrogen) atoms. The van der Waals surface area contributed by atoms with Gasteiger partial charge < -0.3 is 10.5 Å². The summed E-state index contributed by atoms with van der Waals surface area (Å²) in [7, 11) is 0. The molecular weight excluding hydrogens is 330 g/mol. The predicted octanol–water partition coefficient (Wildman–Crippen LogP) is 3.50. The predicted molar refractivity (Wildman–Crippen MR) is 92.8 cm³/mol. The highest BCUT2D eigenvalue weighted by Crippen LogP contribution is 2.24. The zero-order valence-corrected chi connectivity index (χ0v) is 13.5. The van der Waals surface area contributed by atoms with Crippen molar-refractivity contribution in [1.29, 1.82) is 0 Å². The number of carbonyl (C=O) groups excluding carboxylic acids is 1. The Kier molecular flexibility index (Phi) is 4.43. The van der Waals surface area contributed by atoms with E-state index in [4.69, 9.17) is 22.1 Å². The van der Waals surface area contributed by atoms with Gasteiger partial charge in [-0.05, 0) is 19.1 Å². The van der Waals surface area contributed by atoms with Gasteiger partial charge in [-0.25, -0.2) is 19.7 Å². The number of nitrogen functional groups attached to an aromatic ring is 1. The van der Waals surface area contributed by atoms with Gasteiger partial charge in [0.1, 0.15) is 11.3 Å². The van der Waals surface area contributed by atoms with Crippen LogP contribution in [0.25, 0.3) is 22.4 Å². The lowest BCUT2D eigenvalue weighted by molar-refractivity contribution is 0.168. The van der Waals surface area contributed by atoms with Gasteiger partial charge >= 0.3 is 6.09 Å². The van der Waals surface area contributed by atoms with Crippen LogP contribution in [0.15, 0.2) is 36.5 Å². The number of nitrogens with zero attached hydrogens (tertiary/aromatic N) is 3. The van der Waals surface area contributed by atoms with E-state index in [9.17, 15) is 4.79 Å². The summed E-state index contributed by atoms with van der Waals surface area (Å²) in [6, 6.07) is 8.72. The number of benzene rings is 1. The molecule has 0 radical (unpaired) electrons. The molecule has 122 valence electrons. The first-order chi connectivity index (χ1) is 11.6. The van der Waals surface area contributed by atoms with Crippen molar-refractivity contribution in [2.75, 3.05) is 17.7 Å². The molecule has 2 heterocycles. The molecule has 0 aliphatic rings. The van der Waals surface area contributed by atoms with Gasteiger partial charge in [-0.2, -0.15) is 0 Å². The minimum atomic E-state index is -0.606. The molecule has 0 atom stereocenters. The fourth-order valence-corrected chi connectivity index (χ4v) is 2.24. The Morgan fingerprint density at radius 2 is 2.04 bits per heavy atom. The quantitative estimate of drug-likeness (QED) is 0.754. The topological polar surface area (TPSA) is 103 Å². The summed E-state index contributed by atoms with van der Waals surface area (Å²) >= 11 is 5.89. The normalized spacial score (nSPS) is 10.6. The third-order valence-electron chi connectivity index (χ3n) is 3.19. The highest BCUT2D eigenvalue weighted by atomic mass is 35.5. The van der Waals surface area contributed by atoms with E-state index in [1.165, 1.54) is 6.07 Å². The van der Waals surface area contributed by atoms with E-state index >= 15 is 0 Å². The van der Waals surface area contributed by atoms with E-state index < -0.39 is 6.09 Å². The number of pyridine rings is 1. The zero-order chi connectivity index (χ0) is 17.1. The van der Waals surface area contributed by atoms with E-state index in [1.54, 1.807) is 25.3 Å². The third-order valence-corrected chi connectivity index (χ3v) is 3.44. The number of nitrogens with one attached hydrogen (secondary N) is 1. The lowest BCUT2D eigenvalue weighted by atomic mass is 10.1. The van der Waals surface area contributed by atoms with Crippen molar-refractivity contribution in [1.82, 2.24) is 15.0 Å². The first-order valence-electron chi connectivity index (χ1n) is 7.20. The summed E-state index contributed by atoms with van der Waals surface area (Å²) in [5.74, 6) is 0.251. The monoisotopic (exact) mass is 343 g/mol. The van der Waals surface area contributed by atoms with Crippen LogP contribution in [-0.4, -0.2) is 27.7 Å². The van der Waals surface area contributed by atoms with Crippen LogP contribution in [0.4, 0.5) is 16.3 Å². The van der Waals surface area contributed by atoms with Crippen molar-refractivity contribution in [2.24, 2.45) is 0 Å². The van der Waals surface area contributed by atoms with E-state index in [1.807, 2.05) is 12.1 Å². The van der Waals surface area contributed by atoms with Crippen molar-refractivity contribution in [3.8, 4) is 11.3 Å². The lowest BCUT2D eigenvalue weighted by Gasteiger charge is -2.08. The Hall–Kier alpha value is -2.93. The number of aromatic nitrogens is 3. The van der Waals surface area contributed by atoms with Crippen LogP contribution < -0.4 is 11.1 Å². The molecule has 1 aromatic carbocycles. The molecule has 0 aliphatic carbocycles. The van der Waals surface area contributed by atoms with Gasteiger partial charge in [-0.3, -0.25) is 5.32 Å². The van der Waals surface area contributed by atoms with Crippen LogP contribution in [0, 0.1) is 0 Å². The molecule has 0 unspecified atom stereocenters. The number of hydrogen-bond acceptors (Lipinski definition) is 6. The number of halogens is 1. The molecule has 0 fully saturated rings. The second kappa shape index (κ2) is 6.67. The number of ether oxygens (including phenoxy) is 1. The number of carbonyl (C=O) groups is 1. The summed E-state index contributed by atoms with van der Waals surface area (Å²) in [6.45, 7) is 1.97. The average Bonchev–Trinajstić information content (AvgIpc) is 2.55. The molecule has 0 saturated carbocycles. The Morgan fingerprint density at radius 3 is 2.75 bits per heavy atom. The van der Waals surface area contributed by atoms with Gasteiger partial charge in [-0.1, -0.05) is 23.7 Å². The maximum Gasteiger partial charge on any atom is 0.412 e. The van der Waals surface area contributed by atoms with Gasteiger partial charge in [0.2, 0.25) is 0 Å². The molecule has 3 aromatic rings. The van der Waals surface area contributed by atoms with E-state index in [2.05, 4.69) is 20.3 Å². The third kappa shape index (κ3) is 3.36. The SMILES string of the molecule is CCOC(=O)Nc1cc(N)c2ncc(-c3ccc(Cl)cc3)nc2n1. The summed E-state index contributed by atoms with van der Waals surface area (Å²) in [4.78, 5) is 24.6. The van der Waals surface area contributed by atoms with Crippen molar-refractivity contribution in [3.05, 3.63) is 41.6 Å². The van der Waals surface area contributed by atoms with Crippen molar-refractivity contribution in [2.45, 2.75) is 6.92 Å². The summed E-state index contributed by atoms with van der Waals surface area (Å²) in [6.07, 6.45) is 1.01. The van der Waals surface area contributed by atoms with Gasteiger partial charge in [0, 0.05) is 16.7 Å². The molecular formula is C16H14ClN5O2. The summed E-state index contributed by atoms with van der Waals surface area (Å²) in [5.41, 5.74) is 8.58. The maximum absolute atomic E-state index is 11.5. The smallest absolute Gasteiger partial charge is 0.412 e. The number of fused-ring (bicyclic) bond motifs is 1. The highest BCUT2D eigenvalue weighted by molar-refractivity contribution is 6.30. The van der Waals surface area contributed by atoms with Crippen LogP contribution in [0.5, 0.6) is 0 Å². The molecule has 0 bridgehead atoms. The molecule has 8 heteroatoms. The van der Waals surface area contributed by atoms with Gasteiger partial charge in [0.25, 0.3) is 0 Å². The molecule has 0 spiro atoms. The molecule has 7 nitrogen and oxygen atoms in total. The molecule has 2 aromatic heterocycles. The Bertz CT molecular complexity index is 899. The number of anilines is 2. The Morgan fingerprint density at radius 1 is 1.29 bits per heavy atom. The highest BCUT2D eigenvalue weighted by Gasteiger charge is 2.11. The number of rotatable bonds is 3. The molecule has 1 amide bonds. The van der Waals surface area contributed by atoms with Gasteiger partial charge in [-0.15, -0.1) is 0 Å². The molecule has 0 saturated heterocycles. The first-order valence-corrected chi connectivity index (χ1v) is 7.57. The Labute approximate surface area is 142 Å². The fraction of sp³-hybridized carbons (Fsp3) is 0.125. The average molecular weight is 344 g/mol. The zero-order valence-electron chi connectivity index (χ0n) is 12.8. The van der Waals surface area contributed by atoms with E-state index in [-0.39, 0.29) is 12.4 Å². The summed E-state index contributed by atoms with van der Waals surface area (Å²) < 4.78 is 4.82. The van der Waals surface area contributed by atoms with Crippen LogP contribution in [0.3, 0.4) is 0 Å². The van der Waals surface area contributed by atoms with E-state index in [0.29, 0.717) is 27.6 Å². The van der Waals surface area contributed by atoms with E-state index in [0.717, 1.165) is 5.56 Å². The molecule has 3 N–H and O–H groups in total. The van der Waals surface area contributed by atoms with Crippen molar-refractivity contribution >= 4 is 40.4 Å². The number of nitrogens with two attached hydrogens (primary N) is 1. The molecule has 0 aliphatic heterocycles. The standard InChI is InChI=1S/C16H14ClN5O2/c1-2-24-16(23)22-13-7-11(18)14-15(21-13)20-12(8-19-14)9-3-5-10(17)6-4-9/h3-8H,2H2,1H3,(H3,18,20,21,22,23). The second-order valence-corrected chi connectivity index (χ2v) is 5.31. The number of hydrogen-bond donors (Lipinski definition) is 2. The lowest BCUT2D eigenvalue weighted by Crippen LogP contribution is -2.14. The Balaban J connectivity index is 2.01. The molecule has 3 rings (SSSR count). The fourth-order valence-electron chi connectivity index (χ4n) is 2.12. The van der Waals surface area contributed by atoms with Gasteiger partial charge in [0.15, 0.2) is 5.65 Å². The minimum Gasteiger partial charge on any atom is -0.450 e. The maximum atomic E-state index is 11.5. The minimum absolute atomic E-state index is 0.251. The van der Waals surface area contributed by atoms with Crippen LogP contribution in [-0.2, 0) is 4.74 Å². The first kappa shape index (κ1) is 15.9. The van der Waals surface area contributed by atoms with Crippen molar-refractivity contribution in [3.63, 3.8) is 0 Å². The second-order valence-electron chi connectivity index (χ2n) is 4.88. The van der Waals surface area contributed by atoms with Crippen molar-refractivity contribution < 1.29 is 9.53 Å². The van der Waals surface area contributed by atoms with Crippen LogP contribution in [0.2, 0.25) is 5.02 Å². The number of amides is 1. The summed E-state index contributed by atoms with van der Waals surface area (Å²) in [5, 5.41) is 3.14. The van der Waals surface area contributed by atoms with Crippen LogP contribution in [0.1, 0.15) is 6.92 Å². The van der Waals surface area contributed by atoms with Crippen LogP contribution >= 0.6 is 11.6 Å². The largest absolute Gasteiger partial charge is 0.450 e.